The van der Waals surface area contributed by atoms with Gasteiger partial charge in [-0.2, -0.15) is 0 Å². The van der Waals surface area contributed by atoms with Crippen LogP contribution in [0.2, 0.25) is 0 Å². The van der Waals surface area contributed by atoms with Crippen LogP contribution in [0.3, 0.4) is 0 Å². The highest BCUT2D eigenvalue weighted by Gasteiger charge is 2.09. The Morgan fingerprint density at radius 1 is 1.55 bits per heavy atom. The van der Waals surface area contributed by atoms with Gasteiger partial charge in [-0.05, 0) is 26.0 Å². The number of aliphatic hydroxyl groups is 1. The fourth-order valence-electron chi connectivity index (χ4n) is 1.26. The molecule has 3 heteroatoms. The molecule has 1 aliphatic heterocycles. The first-order valence-corrected chi connectivity index (χ1v) is 4.21. The molecule has 0 radical (unpaired) electrons. The van der Waals surface area contributed by atoms with Gasteiger partial charge in [0.05, 0.1) is 0 Å². The molecule has 1 rings (SSSR count). The summed E-state index contributed by atoms with van der Waals surface area (Å²) >= 11 is 0. The summed E-state index contributed by atoms with van der Waals surface area (Å²) in [4.78, 5) is 6.27. The highest BCUT2D eigenvalue weighted by molar-refractivity contribution is 5.57. The molecule has 0 aromatic rings. The Labute approximate surface area is 67.7 Å². The summed E-state index contributed by atoms with van der Waals surface area (Å²) in [5, 5.41) is 9.28. The predicted octanol–water partition coefficient (Wildman–Crippen LogP) is 0.491. The predicted molar refractivity (Wildman–Crippen MR) is 45.8 cm³/mol. The second-order valence-corrected chi connectivity index (χ2v) is 2.90. The van der Waals surface area contributed by atoms with E-state index in [1.807, 2.05) is 13.1 Å². The van der Waals surface area contributed by atoms with Crippen molar-refractivity contribution in [3.05, 3.63) is 0 Å². The molecule has 0 fully saturated rings. The molecule has 0 saturated heterocycles. The van der Waals surface area contributed by atoms with E-state index in [0.717, 1.165) is 32.5 Å². The van der Waals surface area contributed by atoms with Gasteiger partial charge in [0, 0.05) is 19.6 Å². The van der Waals surface area contributed by atoms with Crippen LogP contribution in [0.25, 0.3) is 0 Å². The number of aliphatic hydroxyl groups excluding tert-OH is 1. The molecule has 1 atom stereocenters. The van der Waals surface area contributed by atoms with Crippen LogP contribution in [-0.4, -0.2) is 42.1 Å². The Balaban J connectivity index is 2.35. The van der Waals surface area contributed by atoms with Crippen LogP contribution >= 0.6 is 0 Å². The number of nitrogens with zero attached hydrogens (tertiary/aromatic N) is 2. The number of hydrogen-bond donors (Lipinski definition) is 1. The van der Waals surface area contributed by atoms with Gasteiger partial charge >= 0.3 is 0 Å². The van der Waals surface area contributed by atoms with Crippen molar-refractivity contribution >= 4 is 6.21 Å². The van der Waals surface area contributed by atoms with E-state index in [1.165, 1.54) is 0 Å². The normalized spacial score (nSPS) is 27.1. The first-order valence-electron chi connectivity index (χ1n) is 4.21. The van der Waals surface area contributed by atoms with Crippen molar-refractivity contribution in [1.82, 2.24) is 4.90 Å². The number of aliphatic imine (C=N–C) groups is 1. The van der Waals surface area contributed by atoms with E-state index in [2.05, 4.69) is 9.89 Å². The van der Waals surface area contributed by atoms with Crippen molar-refractivity contribution in [2.24, 2.45) is 4.99 Å². The van der Waals surface area contributed by atoms with Crippen molar-refractivity contribution in [3.8, 4) is 0 Å². The Morgan fingerprint density at radius 3 is 3.09 bits per heavy atom. The Kier molecular flexibility index (Phi) is 3.52. The zero-order valence-electron chi connectivity index (χ0n) is 7.03. The standard InChI is InChI=1S/C8H16N2O/c1-8(11)10-6-2-4-9-5-3-7-10/h4,8,11H,2-3,5-7H2,1H3/b9-4-. The fraction of sp³-hybridized carbons (Fsp3) is 0.875. The highest BCUT2D eigenvalue weighted by atomic mass is 16.3. The molecule has 0 spiro atoms. The third-order valence-corrected chi connectivity index (χ3v) is 1.94. The Morgan fingerprint density at radius 2 is 2.36 bits per heavy atom. The van der Waals surface area contributed by atoms with Crippen LogP contribution in [-0.2, 0) is 0 Å². The lowest BCUT2D eigenvalue weighted by Crippen LogP contribution is -2.35. The van der Waals surface area contributed by atoms with E-state index in [-0.39, 0.29) is 6.23 Å². The molecule has 1 N–H and O–H groups in total. The molecule has 1 aliphatic rings. The average molecular weight is 156 g/mol. The van der Waals surface area contributed by atoms with Crippen molar-refractivity contribution in [2.45, 2.75) is 26.0 Å². The van der Waals surface area contributed by atoms with Gasteiger partial charge in [0.2, 0.25) is 0 Å². The van der Waals surface area contributed by atoms with Crippen LogP contribution in [0.4, 0.5) is 0 Å². The highest BCUT2D eigenvalue weighted by Crippen LogP contribution is 2.01. The third kappa shape index (κ3) is 2.99. The van der Waals surface area contributed by atoms with E-state index in [4.69, 9.17) is 0 Å². The summed E-state index contributed by atoms with van der Waals surface area (Å²) < 4.78 is 0. The van der Waals surface area contributed by atoms with Gasteiger partial charge in [-0.1, -0.05) is 0 Å². The first kappa shape index (κ1) is 8.68. The average Bonchev–Trinajstić information content (AvgIpc) is 1.84. The van der Waals surface area contributed by atoms with E-state index < -0.39 is 0 Å². The fourth-order valence-corrected chi connectivity index (χ4v) is 1.26. The van der Waals surface area contributed by atoms with E-state index >= 15 is 0 Å². The van der Waals surface area contributed by atoms with Crippen molar-refractivity contribution in [2.75, 3.05) is 19.6 Å². The van der Waals surface area contributed by atoms with Gasteiger partial charge in [-0.25, -0.2) is 0 Å². The summed E-state index contributed by atoms with van der Waals surface area (Å²) in [6, 6.07) is 0. The van der Waals surface area contributed by atoms with Crippen LogP contribution in [0, 0.1) is 0 Å². The SMILES string of the molecule is CC(O)N1CC/C=N\CCC1. The van der Waals surface area contributed by atoms with Crippen LogP contribution < -0.4 is 0 Å². The van der Waals surface area contributed by atoms with Crippen LogP contribution in [0.1, 0.15) is 19.8 Å². The molecular formula is C8H16N2O. The molecule has 0 saturated carbocycles. The van der Waals surface area contributed by atoms with Gasteiger partial charge in [0.1, 0.15) is 6.23 Å². The van der Waals surface area contributed by atoms with E-state index in [1.54, 1.807) is 0 Å². The minimum Gasteiger partial charge on any atom is -0.379 e. The van der Waals surface area contributed by atoms with E-state index in [0.29, 0.717) is 0 Å². The molecule has 1 heterocycles. The molecule has 0 aliphatic carbocycles. The summed E-state index contributed by atoms with van der Waals surface area (Å²) in [5.41, 5.74) is 0. The van der Waals surface area contributed by atoms with Crippen LogP contribution in [0.15, 0.2) is 4.99 Å². The number of hydrogen-bond acceptors (Lipinski definition) is 3. The zero-order valence-corrected chi connectivity index (χ0v) is 7.03. The first-order chi connectivity index (χ1) is 5.30. The Hall–Kier alpha value is -0.410. The molecule has 0 amide bonds. The lowest BCUT2D eigenvalue weighted by Gasteiger charge is -2.25. The van der Waals surface area contributed by atoms with Crippen molar-refractivity contribution < 1.29 is 5.11 Å². The second kappa shape index (κ2) is 4.46. The second-order valence-electron chi connectivity index (χ2n) is 2.90. The molecule has 11 heavy (non-hydrogen) atoms. The molecule has 0 aromatic carbocycles. The number of rotatable bonds is 1. The molecule has 64 valence electrons. The summed E-state index contributed by atoms with van der Waals surface area (Å²) in [5.74, 6) is 0. The van der Waals surface area contributed by atoms with Gasteiger partial charge < -0.3 is 5.11 Å². The Bertz CT molecular complexity index is 134. The summed E-state index contributed by atoms with van der Waals surface area (Å²) in [6.07, 6.45) is 3.67. The lowest BCUT2D eigenvalue weighted by molar-refractivity contribution is 0.0199. The lowest BCUT2D eigenvalue weighted by atomic mass is 10.3. The molecule has 3 nitrogen and oxygen atoms in total. The van der Waals surface area contributed by atoms with Gasteiger partial charge in [0.25, 0.3) is 0 Å². The van der Waals surface area contributed by atoms with Gasteiger partial charge in [0.15, 0.2) is 0 Å². The smallest absolute Gasteiger partial charge is 0.104 e. The molecule has 1 unspecified atom stereocenters. The minimum absolute atomic E-state index is 0.304. The summed E-state index contributed by atoms with van der Waals surface area (Å²) in [6.45, 7) is 4.62. The maximum absolute atomic E-state index is 9.28. The minimum atomic E-state index is -0.304. The van der Waals surface area contributed by atoms with Crippen molar-refractivity contribution in [3.63, 3.8) is 0 Å². The molecular weight excluding hydrogens is 140 g/mol. The largest absolute Gasteiger partial charge is 0.379 e. The van der Waals surface area contributed by atoms with E-state index in [9.17, 15) is 5.11 Å². The van der Waals surface area contributed by atoms with Gasteiger partial charge in [-0.15, -0.1) is 0 Å². The van der Waals surface area contributed by atoms with Crippen LogP contribution in [0.5, 0.6) is 0 Å². The van der Waals surface area contributed by atoms with Gasteiger partial charge in [-0.3, -0.25) is 9.89 Å². The third-order valence-electron chi connectivity index (χ3n) is 1.94. The maximum atomic E-state index is 9.28. The quantitative estimate of drug-likeness (QED) is 0.600. The topological polar surface area (TPSA) is 35.8 Å². The molecule has 0 bridgehead atoms. The monoisotopic (exact) mass is 156 g/mol. The van der Waals surface area contributed by atoms with Crippen molar-refractivity contribution in [1.29, 1.82) is 0 Å². The maximum Gasteiger partial charge on any atom is 0.104 e. The molecule has 0 aromatic heterocycles. The zero-order chi connectivity index (χ0) is 8.10. The summed E-state index contributed by atoms with van der Waals surface area (Å²) in [7, 11) is 0.